The molecule has 2 aromatic rings. The van der Waals surface area contributed by atoms with Crippen LogP contribution < -0.4 is 0 Å². The van der Waals surface area contributed by atoms with Gasteiger partial charge in [-0.2, -0.15) is 0 Å². The summed E-state index contributed by atoms with van der Waals surface area (Å²) in [5.74, 6) is -0.475. The van der Waals surface area contributed by atoms with Gasteiger partial charge in [-0.15, -0.1) is 0 Å². The molecule has 0 amide bonds. The number of hydrogen-bond donors (Lipinski definition) is 0. The summed E-state index contributed by atoms with van der Waals surface area (Å²) in [4.78, 5) is 11.5. The van der Waals surface area contributed by atoms with Crippen molar-refractivity contribution in [3.05, 3.63) is 75.0 Å². The number of aldehydes is 1. The fourth-order valence-corrected chi connectivity index (χ4v) is 3.23. The van der Waals surface area contributed by atoms with Crippen molar-refractivity contribution in [3.63, 3.8) is 0 Å². The van der Waals surface area contributed by atoms with E-state index in [4.69, 9.17) is 0 Å². The lowest BCUT2D eigenvalue weighted by molar-refractivity contribution is -0.108. The second-order valence-corrected chi connectivity index (χ2v) is 6.06. The van der Waals surface area contributed by atoms with Gasteiger partial charge in [0.1, 0.15) is 12.1 Å². The summed E-state index contributed by atoms with van der Waals surface area (Å²) in [6.45, 7) is 0. The lowest BCUT2D eigenvalue weighted by atomic mass is 9.79. The standard InChI is InChI=1S/C18H14BrFO/c19-17-10-12(5-8-18(17)20)9-14-7-6-13-3-1-2-4-15(13)16(14)11-21/h1-5,8-11,16H,6-7H2. The normalized spacial score (nSPS) is 19.3. The Morgan fingerprint density at radius 2 is 1.95 bits per heavy atom. The SMILES string of the molecule is O=CC1C(=Cc2ccc(F)c(Br)c2)CCc2ccccc21. The Morgan fingerprint density at radius 1 is 1.14 bits per heavy atom. The summed E-state index contributed by atoms with van der Waals surface area (Å²) in [7, 11) is 0. The molecule has 0 radical (unpaired) electrons. The van der Waals surface area contributed by atoms with E-state index in [1.807, 2.05) is 24.3 Å². The van der Waals surface area contributed by atoms with Crippen molar-refractivity contribution in [2.24, 2.45) is 0 Å². The van der Waals surface area contributed by atoms with Crippen molar-refractivity contribution in [1.82, 2.24) is 0 Å². The Balaban J connectivity index is 2.00. The third-order valence-electron chi connectivity index (χ3n) is 3.90. The molecule has 0 bridgehead atoms. The quantitative estimate of drug-likeness (QED) is 0.708. The number of benzene rings is 2. The second kappa shape index (κ2) is 5.94. The number of allylic oxidation sites excluding steroid dienone is 1. The number of carbonyl (C=O) groups excluding carboxylic acids is 1. The molecule has 1 aliphatic rings. The zero-order chi connectivity index (χ0) is 14.8. The molecule has 0 saturated heterocycles. The predicted molar refractivity (Wildman–Crippen MR) is 85.6 cm³/mol. The molecule has 0 heterocycles. The highest BCUT2D eigenvalue weighted by molar-refractivity contribution is 9.10. The summed E-state index contributed by atoms with van der Waals surface area (Å²) in [5.41, 5.74) is 4.32. The van der Waals surface area contributed by atoms with Gasteiger partial charge in [-0.25, -0.2) is 4.39 Å². The number of fused-ring (bicyclic) bond motifs is 1. The molecule has 1 atom stereocenters. The van der Waals surface area contributed by atoms with Crippen LogP contribution in [0.3, 0.4) is 0 Å². The highest BCUT2D eigenvalue weighted by Gasteiger charge is 2.23. The van der Waals surface area contributed by atoms with Gasteiger partial charge in [-0.05, 0) is 57.6 Å². The first-order valence-corrected chi connectivity index (χ1v) is 7.67. The van der Waals surface area contributed by atoms with Crippen molar-refractivity contribution in [3.8, 4) is 0 Å². The topological polar surface area (TPSA) is 17.1 Å². The fraction of sp³-hybridized carbons (Fsp3) is 0.167. The minimum atomic E-state index is -0.280. The molecule has 1 aliphatic carbocycles. The highest BCUT2D eigenvalue weighted by Crippen LogP contribution is 2.35. The summed E-state index contributed by atoms with van der Waals surface area (Å²) in [6, 6.07) is 13.0. The lowest BCUT2D eigenvalue weighted by Crippen LogP contribution is -2.13. The van der Waals surface area contributed by atoms with Crippen LogP contribution in [0.1, 0.15) is 29.0 Å². The van der Waals surface area contributed by atoms with E-state index in [0.29, 0.717) is 4.47 Å². The maximum atomic E-state index is 13.3. The van der Waals surface area contributed by atoms with Crippen molar-refractivity contribution in [1.29, 1.82) is 0 Å². The first-order chi connectivity index (χ1) is 10.2. The molecule has 0 spiro atoms. The lowest BCUT2D eigenvalue weighted by Gasteiger charge is -2.24. The molecule has 106 valence electrons. The number of hydrogen-bond acceptors (Lipinski definition) is 1. The number of halogens is 2. The van der Waals surface area contributed by atoms with Gasteiger partial charge in [-0.3, -0.25) is 0 Å². The Bertz CT molecular complexity index is 721. The van der Waals surface area contributed by atoms with E-state index in [2.05, 4.69) is 22.0 Å². The van der Waals surface area contributed by atoms with Gasteiger partial charge < -0.3 is 4.79 Å². The van der Waals surface area contributed by atoms with Crippen molar-refractivity contribution in [2.75, 3.05) is 0 Å². The van der Waals surface area contributed by atoms with E-state index < -0.39 is 0 Å². The minimum Gasteiger partial charge on any atom is -0.302 e. The average Bonchev–Trinajstić information content (AvgIpc) is 2.51. The average molecular weight is 345 g/mol. The number of carbonyl (C=O) groups is 1. The van der Waals surface area contributed by atoms with E-state index in [1.165, 1.54) is 11.6 Å². The third kappa shape index (κ3) is 2.84. The monoisotopic (exact) mass is 344 g/mol. The molecule has 21 heavy (non-hydrogen) atoms. The molecule has 1 nitrogen and oxygen atoms in total. The summed E-state index contributed by atoms with van der Waals surface area (Å²) in [6.07, 6.45) is 4.80. The maximum absolute atomic E-state index is 13.3. The highest BCUT2D eigenvalue weighted by atomic mass is 79.9. The van der Waals surface area contributed by atoms with Crippen LogP contribution >= 0.6 is 15.9 Å². The molecule has 1 unspecified atom stereocenters. The van der Waals surface area contributed by atoms with Crippen LogP contribution in [-0.2, 0) is 11.2 Å². The minimum absolute atomic E-state index is 0.196. The Morgan fingerprint density at radius 3 is 2.71 bits per heavy atom. The summed E-state index contributed by atoms with van der Waals surface area (Å²) < 4.78 is 13.7. The first-order valence-electron chi connectivity index (χ1n) is 6.87. The van der Waals surface area contributed by atoms with Crippen LogP contribution in [-0.4, -0.2) is 6.29 Å². The maximum Gasteiger partial charge on any atom is 0.137 e. The fourth-order valence-electron chi connectivity index (χ4n) is 2.84. The van der Waals surface area contributed by atoms with Gasteiger partial charge in [0.25, 0.3) is 0 Å². The van der Waals surface area contributed by atoms with Gasteiger partial charge in [-0.1, -0.05) is 42.0 Å². The first kappa shape index (κ1) is 14.2. The molecule has 0 saturated carbocycles. The van der Waals surface area contributed by atoms with Gasteiger partial charge in [0.2, 0.25) is 0 Å². The van der Waals surface area contributed by atoms with Gasteiger partial charge in [0.15, 0.2) is 0 Å². The largest absolute Gasteiger partial charge is 0.302 e. The van der Waals surface area contributed by atoms with Crippen molar-refractivity contribution in [2.45, 2.75) is 18.8 Å². The van der Waals surface area contributed by atoms with Gasteiger partial charge >= 0.3 is 0 Å². The van der Waals surface area contributed by atoms with Crippen LogP contribution in [0.25, 0.3) is 6.08 Å². The molecule has 0 aromatic heterocycles. The van der Waals surface area contributed by atoms with Gasteiger partial charge in [0.05, 0.1) is 10.4 Å². The number of rotatable bonds is 2. The van der Waals surface area contributed by atoms with Crippen molar-refractivity contribution >= 4 is 28.3 Å². The Hall–Kier alpha value is -1.74. The van der Waals surface area contributed by atoms with E-state index in [-0.39, 0.29) is 11.7 Å². The number of aryl methyl sites for hydroxylation is 1. The summed E-state index contributed by atoms with van der Waals surface area (Å²) >= 11 is 3.20. The predicted octanol–water partition coefficient (Wildman–Crippen LogP) is 4.90. The van der Waals surface area contributed by atoms with Crippen LogP contribution in [0.5, 0.6) is 0 Å². The van der Waals surface area contributed by atoms with E-state index in [0.717, 1.165) is 35.8 Å². The molecule has 0 fully saturated rings. The van der Waals surface area contributed by atoms with E-state index >= 15 is 0 Å². The molecular formula is C18H14BrFO. The Labute approximate surface area is 131 Å². The molecule has 0 aliphatic heterocycles. The van der Waals surface area contributed by atoms with E-state index in [9.17, 15) is 9.18 Å². The van der Waals surface area contributed by atoms with Crippen LogP contribution in [0, 0.1) is 5.82 Å². The third-order valence-corrected chi connectivity index (χ3v) is 4.51. The van der Waals surface area contributed by atoms with E-state index in [1.54, 1.807) is 12.1 Å². The van der Waals surface area contributed by atoms with Crippen LogP contribution in [0.4, 0.5) is 4.39 Å². The molecule has 2 aromatic carbocycles. The molecular weight excluding hydrogens is 331 g/mol. The zero-order valence-electron chi connectivity index (χ0n) is 11.4. The smallest absolute Gasteiger partial charge is 0.137 e. The summed E-state index contributed by atoms with van der Waals surface area (Å²) in [5, 5.41) is 0. The van der Waals surface area contributed by atoms with Gasteiger partial charge in [0, 0.05) is 0 Å². The second-order valence-electron chi connectivity index (χ2n) is 5.21. The Kier molecular flexibility index (Phi) is 4.02. The zero-order valence-corrected chi connectivity index (χ0v) is 12.9. The van der Waals surface area contributed by atoms with Crippen molar-refractivity contribution < 1.29 is 9.18 Å². The van der Waals surface area contributed by atoms with Crippen LogP contribution in [0.15, 0.2) is 52.5 Å². The molecule has 0 N–H and O–H groups in total. The molecule has 3 heteroatoms. The molecule has 3 rings (SSSR count). The van der Waals surface area contributed by atoms with Crippen LogP contribution in [0.2, 0.25) is 0 Å².